The van der Waals surface area contributed by atoms with Crippen molar-refractivity contribution in [2.24, 2.45) is 0 Å². The number of hydrogen-bond acceptors (Lipinski definition) is 5. The molecule has 0 radical (unpaired) electrons. The van der Waals surface area contributed by atoms with Crippen molar-refractivity contribution in [2.75, 3.05) is 13.7 Å². The van der Waals surface area contributed by atoms with Gasteiger partial charge in [-0.05, 0) is 18.2 Å². The van der Waals surface area contributed by atoms with Crippen LogP contribution in [-0.2, 0) is 20.3 Å². The molecule has 2 aromatic rings. The topological polar surface area (TPSA) is 74.1 Å². The molecule has 21 heavy (non-hydrogen) atoms. The van der Waals surface area contributed by atoms with Gasteiger partial charge in [-0.2, -0.15) is 0 Å². The van der Waals surface area contributed by atoms with Crippen LogP contribution in [0.5, 0.6) is 0 Å². The molecule has 0 spiro atoms. The first-order valence-corrected chi connectivity index (χ1v) is 9.55. The van der Waals surface area contributed by atoms with Gasteiger partial charge in [-0.15, -0.1) is 10.2 Å². The quantitative estimate of drug-likeness (QED) is 0.643. The number of hydrogen-bond donors (Lipinski definition) is 0. The normalized spacial score (nSPS) is 11.8. The lowest BCUT2D eigenvalue weighted by atomic mass is 10.2. The zero-order valence-corrected chi connectivity index (χ0v) is 15.5. The Hall–Kier alpha value is -0.480. The molecule has 0 saturated carbocycles. The van der Waals surface area contributed by atoms with Crippen molar-refractivity contribution in [3.63, 3.8) is 0 Å². The molecule has 0 fully saturated rings. The minimum absolute atomic E-state index is 0.268. The van der Waals surface area contributed by atoms with Gasteiger partial charge >= 0.3 is 0 Å². The van der Waals surface area contributed by atoms with Crippen molar-refractivity contribution in [3.05, 3.63) is 27.1 Å². The second kappa shape index (κ2) is 6.74. The summed E-state index contributed by atoms with van der Waals surface area (Å²) in [7, 11) is 2.93. The van der Waals surface area contributed by atoms with Crippen LogP contribution in [0, 0.1) is 0 Å². The molecule has 0 atom stereocenters. The fourth-order valence-corrected chi connectivity index (χ4v) is 3.97. The maximum Gasteiger partial charge on any atom is 0.296 e. The zero-order chi connectivity index (χ0) is 15.6. The van der Waals surface area contributed by atoms with Crippen molar-refractivity contribution in [1.29, 1.82) is 0 Å². The maximum atomic E-state index is 11.6. The van der Waals surface area contributed by atoms with E-state index >= 15 is 0 Å². The van der Waals surface area contributed by atoms with E-state index in [4.69, 9.17) is 15.4 Å². The number of ether oxygens (including phenoxy) is 1. The van der Waals surface area contributed by atoms with Crippen LogP contribution in [0.4, 0.5) is 0 Å². The average Bonchev–Trinajstić information content (AvgIpc) is 2.78. The molecule has 0 bridgehead atoms. The average molecular weight is 460 g/mol. The zero-order valence-electron chi connectivity index (χ0n) is 10.8. The third-order valence-corrected chi connectivity index (χ3v) is 4.64. The molecule has 10 heteroatoms. The van der Waals surface area contributed by atoms with Crippen molar-refractivity contribution >= 4 is 51.6 Å². The Balaban J connectivity index is 2.60. The van der Waals surface area contributed by atoms with Crippen molar-refractivity contribution < 1.29 is 13.2 Å². The molecule has 0 saturated heterocycles. The molecule has 0 N–H and O–H groups in total. The van der Waals surface area contributed by atoms with E-state index in [1.807, 2.05) is 18.2 Å². The number of benzene rings is 1. The van der Waals surface area contributed by atoms with Crippen molar-refractivity contribution in [1.82, 2.24) is 14.8 Å². The van der Waals surface area contributed by atoms with Crippen LogP contribution >= 0.6 is 42.5 Å². The van der Waals surface area contributed by atoms with E-state index in [9.17, 15) is 8.42 Å². The molecule has 2 rings (SSSR count). The van der Waals surface area contributed by atoms with Crippen molar-refractivity contribution in [2.45, 2.75) is 11.7 Å². The maximum absolute atomic E-state index is 11.6. The summed E-state index contributed by atoms with van der Waals surface area (Å²) in [5.74, 6) is 0.397. The lowest BCUT2D eigenvalue weighted by molar-refractivity contribution is 0.185. The molecule has 0 aliphatic carbocycles. The first-order valence-electron chi connectivity index (χ1n) is 5.66. The first kappa shape index (κ1) is 16.9. The second-order valence-corrected chi connectivity index (χ2v) is 8.34. The highest BCUT2D eigenvalue weighted by atomic mass is 79.9. The smallest absolute Gasteiger partial charge is 0.296 e. The van der Waals surface area contributed by atoms with Crippen LogP contribution in [0.3, 0.4) is 0 Å². The van der Waals surface area contributed by atoms with Crippen LogP contribution in [-0.4, -0.2) is 36.9 Å². The molecule has 114 valence electrons. The molecule has 1 aromatic carbocycles. The van der Waals surface area contributed by atoms with Crippen LogP contribution in [0.15, 0.2) is 32.3 Å². The number of methoxy groups -OCH3 is 1. The van der Waals surface area contributed by atoms with Crippen LogP contribution < -0.4 is 0 Å². The Morgan fingerprint density at radius 1 is 1.24 bits per heavy atom. The molecular weight excluding hydrogens is 449 g/mol. The summed E-state index contributed by atoms with van der Waals surface area (Å²) >= 11 is 6.75. The van der Waals surface area contributed by atoms with Gasteiger partial charge < -0.3 is 4.74 Å². The molecule has 0 unspecified atom stereocenters. The number of aromatic nitrogens is 3. The predicted molar refractivity (Wildman–Crippen MR) is 85.8 cm³/mol. The van der Waals surface area contributed by atoms with E-state index in [-0.39, 0.29) is 11.7 Å². The Labute approximate surface area is 143 Å². The lowest BCUT2D eigenvalue weighted by Gasteiger charge is -2.09. The summed E-state index contributed by atoms with van der Waals surface area (Å²) in [5, 5.41) is 7.32. The molecule has 6 nitrogen and oxygen atoms in total. The molecular formula is C11H10Br2ClN3O3S. The highest BCUT2D eigenvalue weighted by Crippen LogP contribution is 2.28. The van der Waals surface area contributed by atoms with Gasteiger partial charge in [0.25, 0.3) is 14.2 Å². The molecule has 0 amide bonds. The highest BCUT2D eigenvalue weighted by Gasteiger charge is 2.23. The molecule has 1 aromatic heterocycles. The summed E-state index contributed by atoms with van der Waals surface area (Å²) in [6, 6.07) is 5.48. The Kier molecular flexibility index (Phi) is 5.42. The van der Waals surface area contributed by atoms with Crippen molar-refractivity contribution in [3.8, 4) is 11.4 Å². The first-order chi connectivity index (χ1) is 9.82. The van der Waals surface area contributed by atoms with Gasteiger partial charge in [0.1, 0.15) is 0 Å². The van der Waals surface area contributed by atoms with Crippen LogP contribution in [0.25, 0.3) is 11.4 Å². The third-order valence-electron chi connectivity index (χ3n) is 2.57. The summed E-state index contributed by atoms with van der Waals surface area (Å²) in [6.45, 7) is 0.573. The Morgan fingerprint density at radius 3 is 2.38 bits per heavy atom. The van der Waals surface area contributed by atoms with E-state index in [1.165, 1.54) is 11.7 Å². The van der Waals surface area contributed by atoms with Gasteiger partial charge in [0, 0.05) is 32.3 Å². The van der Waals surface area contributed by atoms with Gasteiger partial charge in [-0.25, -0.2) is 8.42 Å². The molecule has 0 aliphatic rings. The van der Waals surface area contributed by atoms with E-state index in [2.05, 4.69) is 42.1 Å². The van der Waals surface area contributed by atoms with E-state index < -0.39 is 9.05 Å². The Morgan fingerprint density at radius 2 is 1.86 bits per heavy atom. The van der Waals surface area contributed by atoms with Crippen LogP contribution in [0.1, 0.15) is 0 Å². The van der Waals surface area contributed by atoms with Gasteiger partial charge in [-0.1, -0.05) is 31.9 Å². The standard InChI is InChI=1S/C11H10Br2ClN3O3S/c1-20-3-2-17-10(15-16-11(17)21(14,18)19)7-4-8(12)6-9(13)5-7/h4-6H,2-3H2,1H3. The summed E-state index contributed by atoms with van der Waals surface area (Å²) in [4.78, 5) is 0. The van der Waals surface area contributed by atoms with Gasteiger partial charge in [0.2, 0.25) is 0 Å². The van der Waals surface area contributed by atoms with E-state index in [0.29, 0.717) is 18.0 Å². The minimum Gasteiger partial charge on any atom is -0.383 e. The van der Waals surface area contributed by atoms with Crippen LogP contribution in [0.2, 0.25) is 0 Å². The van der Waals surface area contributed by atoms with Gasteiger partial charge in [0.05, 0.1) is 13.2 Å². The molecule has 1 heterocycles. The lowest BCUT2D eigenvalue weighted by Crippen LogP contribution is -2.11. The van der Waals surface area contributed by atoms with E-state index in [0.717, 1.165) is 8.95 Å². The fraction of sp³-hybridized carbons (Fsp3) is 0.273. The van der Waals surface area contributed by atoms with Gasteiger partial charge in [-0.3, -0.25) is 4.57 Å². The Bertz CT molecular complexity index is 744. The number of rotatable bonds is 5. The summed E-state index contributed by atoms with van der Waals surface area (Å²) < 4.78 is 31.2. The molecule has 0 aliphatic heterocycles. The number of halogens is 3. The minimum atomic E-state index is -3.99. The van der Waals surface area contributed by atoms with Gasteiger partial charge in [0.15, 0.2) is 5.82 Å². The summed E-state index contributed by atoms with van der Waals surface area (Å²) in [6.07, 6.45) is 0. The predicted octanol–water partition coefficient (Wildman–Crippen LogP) is 3.04. The summed E-state index contributed by atoms with van der Waals surface area (Å²) in [5.41, 5.74) is 0.700. The largest absolute Gasteiger partial charge is 0.383 e. The third kappa shape index (κ3) is 4.04. The highest BCUT2D eigenvalue weighted by molar-refractivity contribution is 9.11. The number of nitrogens with zero attached hydrogens (tertiary/aromatic N) is 3. The monoisotopic (exact) mass is 457 g/mol. The SMILES string of the molecule is COCCn1c(-c2cc(Br)cc(Br)c2)nnc1S(=O)(=O)Cl. The second-order valence-electron chi connectivity index (χ2n) is 4.05. The fourth-order valence-electron chi connectivity index (χ4n) is 1.75. The van der Waals surface area contributed by atoms with E-state index in [1.54, 1.807) is 0 Å².